The number of imidazole rings is 1. The Hall–Kier alpha value is -1.43. The van der Waals surface area contributed by atoms with E-state index < -0.39 is 5.60 Å². The molecule has 0 amide bonds. The van der Waals surface area contributed by atoms with Crippen LogP contribution in [0.5, 0.6) is 0 Å². The summed E-state index contributed by atoms with van der Waals surface area (Å²) in [5.74, 6) is 0. The van der Waals surface area contributed by atoms with Gasteiger partial charge in [0.15, 0.2) is 0 Å². The van der Waals surface area contributed by atoms with Gasteiger partial charge in [0.1, 0.15) is 11.2 Å². The van der Waals surface area contributed by atoms with Crippen LogP contribution in [0.3, 0.4) is 0 Å². The lowest BCUT2D eigenvalue weighted by atomic mass is 9.98. The van der Waals surface area contributed by atoms with Gasteiger partial charge >= 0.3 is 0 Å². The maximum atomic E-state index is 10.3. The zero-order valence-corrected chi connectivity index (χ0v) is 9.71. The summed E-state index contributed by atoms with van der Waals surface area (Å²) >= 11 is 0. The molecule has 0 saturated heterocycles. The molecule has 2 rings (SSSR count). The highest BCUT2D eigenvalue weighted by Crippen LogP contribution is 2.21. The van der Waals surface area contributed by atoms with Crippen LogP contribution in [0.1, 0.15) is 12.5 Å². The summed E-state index contributed by atoms with van der Waals surface area (Å²) in [6.07, 6.45) is 5.39. The maximum absolute atomic E-state index is 10.3. The van der Waals surface area contributed by atoms with Crippen LogP contribution in [-0.4, -0.2) is 39.4 Å². The highest BCUT2D eigenvalue weighted by atomic mass is 16.5. The first-order valence-corrected chi connectivity index (χ1v) is 5.48. The number of fused-ring (bicyclic) bond motifs is 1. The fraction of sp³-hybridized carbons (Fsp3) is 0.417. The van der Waals surface area contributed by atoms with E-state index in [4.69, 9.17) is 9.84 Å². The molecule has 1 unspecified atom stereocenters. The van der Waals surface area contributed by atoms with Gasteiger partial charge in [0.2, 0.25) is 0 Å². The smallest absolute Gasteiger partial charge is 0.137 e. The molecular weight excluding hydrogens is 220 g/mol. The Bertz CT molecular complexity index is 493. The average Bonchev–Trinajstić information content (AvgIpc) is 2.76. The van der Waals surface area contributed by atoms with Crippen molar-refractivity contribution in [1.82, 2.24) is 9.38 Å². The lowest BCUT2D eigenvalue weighted by Crippen LogP contribution is -2.28. The number of hydrogen-bond acceptors (Lipinski definition) is 4. The van der Waals surface area contributed by atoms with Gasteiger partial charge in [-0.3, -0.25) is 0 Å². The van der Waals surface area contributed by atoms with Gasteiger partial charge in [-0.05, 0) is 24.6 Å². The number of ether oxygens (including phenoxy) is 1. The molecule has 2 N–H and O–H groups in total. The number of pyridine rings is 1. The topological polar surface area (TPSA) is 67.0 Å². The van der Waals surface area contributed by atoms with E-state index in [0.29, 0.717) is 0 Å². The zero-order chi connectivity index (χ0) is 12.3. The monoisotopic (exact) mass is 236 g/mol. The van der Waals surface area contributed by atoms with E-state index >= 15 is 0 Å². The Morgan fingerprint density at radius 1 is 1.47 bits per heavy atom. The lowest BCUT2D eigenvalue weighted by molar-refractivity contribution is -0.0446. The minimum absolute atomic E-state index is 0.0463. The Morgan fingerprint density at radius 3 is 3.06 bits per heavy atom. The molecule has 1 atom stereocenters. The molecule has 0 aliphatic heterocycles. The van der Waals surface area contributed by atoms with Gasteiger partial charge < -0.3 is 19.4 Å². The van der Waals surface area contributed by atoms with Crippen molar-refractivity contribution in [1.29, 1.82) is 0 Å². The molecule has 0 fully saturated rings. The fourth-order valence-corrected chi connectivity index (χ4v) is 1.66. The van der Waals surface area contributed by atoms with Gasteiger partial charge in [0, 0.05) is 18.6 Å². The van der Waals surface area contributed by atoms with E-state index in [1.54, 1.807) is 13.1 Å². The Kier molecular flexibility index (Phi) is 3.42. The van der Waals surface area contributed by atoms with E-state index in [1.807, 2.05) is 28.9 Å². The molecule has 0 aliphatic rings. The third-order valence-electron chi connectivity index (χ3n) is 2.64. The summed E-state index contributed by atoms with van der Waals surface area (Å²) in [5, 5.41) is 18.9. The first-order chi connectivity index (χ1) is 8.13. The fourth-order valence-electron chi connectivity index (χ4n) is 1.66. The second-order valence-electron chi connectivity index (χ2n) is 4.16. The molecule has 0 radical (unpaired) electrons. The number of nitrogens with zero attached hydrogens (tertiary/aromatic N) is 2. The Labute approximate surface area is 99.3 Å². The van der Waals surface area contributed by atoms with E-state index in [0.717, 1.165) is 11.2 Å². The van der Waals surface area contributed by atoms with Crippen molar-refractivity contribution in [3.8, 4) is 0 Å². The third kappa shape index (κ3) is 2.63. The molecule has 17 heavy (non-hydrogen) atoms. The van der Waals surface area contributed by atoms with Crippen molar-refractivity contribution in [2.45, 2.75) is 12.5 Å². The van der Waals surface area contributed by atoms with Crippen LogP contribution >= 0.6 is 0 Å². The van der Waals surface area contributed by atoms with Crippen molar-refractivity contribution in [2.24, 2.45) is 0 Å². The highest BCUT2D eigenvalue weighted by molar-refractivity contribution is 5.42. The van der Waals surface area contributed by atoms with Crippen LogP contribution in [0.25, 0.3) is 5.65 Å². The van der Waals surface area contributed by atoms with E-state index in [2.05, 4.69) is 4.98 Å². The van der Waals surface area contributed by atoms with Crippen LogP contribution in [0.2, 0.25) is 0 Å². The molecule has 2 aromatic heterocycles. The predicted molar refractivity (Wildman–Crippen MR) is 62.7 cm³/mol. The van der Waals surface area contributed by atoms with Gasteiger partial charge in [-0.15, -0.1) is 0 Å². The molecule has 0 aromatic carbocycles. The molecule has 0 spiro atoms. The van der Waals surface area contributed by atoms with Crippen LogP contribution in [-0.2, 0) is 10.3 Å². The van der Waals surface area contributed by atoms with Crippen molar-refractivity contribution >= 4 is 5.65 Å². The lowest BCUT2D eigenvalue weighted by Gasteiger charge is -2.23. The number of hydrogen-bond donors (Lipinski definition) is 2. The highest BCUT2D eigenvalue weighted by Gasteiger charge is 2.23. The Morgan fingerprint density at radius 2 is 2.29 bits per heavy atom. The number of aromatic nitrogens is 2. The van der Waals surface area contributed by atoms with Gasteiger partial charge in [0.05, 0.1) is 19.8 Å². The van der Waals surface area contributed by atoms with Crippen LogP contribution < -0.4 is 0 Å². The van der Waals surface area contributed by atoms with Crippen LogP contribution in [0.4, 0.5) is 0 Å². The molecule has 0 aliphatic carbocycles. The number of rotatable bonds is 5. The number of aliphatic hydroxyl groups is 2. The molecule has 0 saturated carbocycles. The molecule has 2 heterocycles. The van der Waals surface area contributed by atoms with Crippen molar-refractivity contribution in [3.63, 3.8) is 0 Å². The largest absolute Gasteiger partial charge is 0.394 e. The van der Waals surface area contributed by atoms with E-state index in [1.165, 1.54) is 0 Å². The average molecular weight is 236 g/mol. The molecule has 5 heteroatoms. The summed E-state index contributed by atoms with van der Waals surface area (Å²) in [6.45, 7) is 2.00. The molecule has 92 valence electrons. The zero-order valence-electron chi connectivity index (χ0n) is 9.71. The second kappa shape index (κ2) is 4.83. The SMILES string of the molecule is CC(O)(COCCO)c1ccn2ccnc2c1. The first kappa shape index (κ1) is 12.0. The predicted octanol–water partition coefficient (Wildman–Crippen LogP) is 0.551. The van der Waals surface area contributed by atoms with Gasteiger partial charge in [0.25, 0.3) is 0 Å². The van der Waals surface area contributed by atoms with Crippen molar-refractivity contribution in [2.75, 3.05) is 19.8 Å². The standard InChI is InChI=1S/C12H16N2O3/c1-12(16,9-17-7-6-15)10-2-4-14-5-3-13-11(14)8-10/h2-5,8,15-16H,6-7,9H2,1H3. The molecule has 2 aromatic rings. The van der Waals surface area contributed by atoms with E-state index in [9.17, 15) is 5.11 Å². The first-order valence-electron chi connectivity index (χ1n) is 5.48. The van der Waals surface area contributed by atoms with Crippen LogP contribution in [0.15, 0.2) is 30.7 Å². The minimum atomic E-state index is -1.08. The summed E-state index contributed by atoms with van der Waals surface area (Å²) in [6, 6.07) is 3.65. The summed E-state index contributed by atoms with van der Waals surface area (Å²) in [4.78, 5) is 4.16. The summed E-state index contributed by atoms with van der Waals surface area (Å²) < 4.78 is 7.04. The summed E-state index contributed by atoms with van der Waals surface area (Å²) in [7, 11) is 0. The summed E-state index contributed by atoms with van der Waals surface area (Å²) in [5.41, 5.74) is 0.446. The third-order valence-corrected chi connectivity index (χ3v) is 2.64. The normalized spacial score (nSPS) is 15.0. The van der Waals surface area contributed by atoms with Crippen LogP contribution in [0, 0.1) is 0 Å². The minimum Gasteiger partial charge on any atom is -0.394 e. The molecule has 0 bridgehead atoms. The maximum Gasteiger partial charge on any atom is 0.137 e. The van der Waals surface area contributed by atoms with E-state index in [-0.39, 0.29) is 19.8 Å². The van der Waals surface area contributed by atoms with Crippen molar-refractivity contribution in [3.05, 3.63) is 36.3 Å². The van der Waals surface area contributed by atoms with Gasteiger partial charge in [-0.25, -0.2) is 4.98 Å². The number of aliphatic hydroxyl groups excluding tert-OH is 1. The molecule has 5 nitrogen and oxygen atoms in total. The quantitative estimate of drug-likeness (QED) is 0.744. The molecular formula is C12H16N2O3. The van der Waals surface area contributed by atoms with Crippen molar-refractivity contribution < 1.29 is 14.9 Å². The Balaban J connectivity index is 2.18. The van der Waals surface area contributed by atoms with Gasteiger partial charge in [-0.2, -0.15) is 0 Å². The van der Waals surface area contributed by atoms with Gasteiger partial charge in [-0.1, -0.05) is 0 Å². The second-order valence-corrected chi connectivity index (χ2v) is 4.16.